The van der Waals surface area contributed by atoms with E-state index >= 15 is 0 Å². The van der Waals surface area contributed by atoms with E-state index in [1.807, 2.05) is 0 Å². The van der Waals surface area contributed by atoms with Crippen LogP contribution in [0.4, 0.5) is 0 Å². The van der Waals surface area contributed by atoms with Crippen molar-refractivity contribution in [3.63, 3.8) is 0 Å². The molecule has 0 aromatic carbocycles. The third-order valence-electron chi connectivity index (χ3n) is 5.43. The molecule has 1 fully saturated rings. The summed E-state index contributed by atoms with van der Waals surface area (Å²) in [6.07, 6.45) is 1.60. The van der Waals surface area contributed by atoms with Crippen LogP contribution in [0, 0.1) is 0 Å². The highest BCUT2D eigenvalue weighted by atomic mass is 16.6. The Morgan fingerprint density at radius 2 is 0.939 bits per heavy atom. The predicted molar refractivity (Wildman–Crippen MR) is 126 cm³/mol. The molecule has 0 saturated carbocycles. The van der Waals surface area contributed by atoms with Gasteiger partial charge in [-0.1, -0.05) is 0 Å². The van der Waals surface area contributed by atoms with Gasteiger partial charge in [0.25, 0.3) is 0 Å². The van der Waals surface area contributed by atoms with Crippen LogP contribution in [0.25, 0.3) is 0 Å². The summed E-state index contributed by atoms with van der Waals surface area (Å²) in [7, 11) is 0. The van der Waals surface area contributed by atoms with E-state index in [0.29, 0.717) is 105 Å². The third-order valence-corrected chi connectivity index (χ3v) is 5.43. The van der Waals surface area contributed by atoms with Gasteiger partial charge in [-0.25, -0.2) is 0 Å². The molecule has 0 bridgehead atoms. The second kappa shape index (κ2) is 18.8. The first-order chi connectivity index (χ1) is 15.9. The van der Waals surface area contributed by atoms with Gasteiger partial charge in [0, 0.05) is 0 Å². The van der Waals surface area contributed by atoms with Crippen molar-refractivity contribution in [2.75, 3.05) is 66.1 Å². The molecule has 1 aliphatic heterocycles. The van der Waals surface area contributed by atoms with Crippen molar-refractivity contribution >= 4 is 0 Å². The molecule has 0 aromatic rings. The van der Waals surface area contributed by atoms with E-state index in [2.05, 4.69) is 0 Å². The highest BCUT2D eigenvalue weighted by Crippen LogP contribution is 2.33. The standard InChI is InChI=1S/C21H48N6O6/c22-18(23)2-1-17-21(5-3-19(24)25,6-4-20(26)27)33-16-14-31-12-10-29-8-7-28-9-11-30-13-15-32-17/h17-20H,1-16,22-27H2. The third kappa shape index (κ3) is 15.2. The van der Waals surface area contributed by atoms with Crippen molar-refractivity contribution in [1.82, 2.24) is 0 Å². The molecule has 198 valence electrons. The summed E-state index contributed by atoms with van der Waals surface area (Å²) < 4.78 is 35.0. The Bertz CT molecular complexity index is 449. The summed E-state index contributed by atoms with van der Waals surface area (Å²) in [4.78, 5) is 0. The van der Waals surface area contributed by atoms with Gasteiger partial charge in [-0.2, -0.15) is 0 Å². The van der Waals surface area contributed by atoms with Gasteiger partial charge in [-0.3, -0.25) is 0 Å². The smallest absolute Gasteiger partial charge is 0.0946 e. The Labute approximate surface area is 198 Å². The molecule has 1 rings (SSSR count). The minimum absolute atomic E-state index is 0.327. The maximum Gasteiger partial charge on any atom is 0.0946 e. The fourth-order valence-corrected chi connectivity index (χ4v) is 3.66. The molecule has 0 spiro atoms. The minimum Gasteiger partial charge on any atom is -0.377 e. The molecule has 12 nitrogen and oxygen atoms in total. The van der Waals surface area contributed by atoms with Crippen molar-refractivity contribution < 1.29 is 28.4 Å². The topological polar surface area (TPSA) is 212 Å². The van der Waals surface area contributed by atoms with Crippen LogP contribution in [0.1, 0.15) is 38.5 Å². The Kier molecular flexibility index (Phi) is 17.4. The number of hydrogen-bond acceptors (Lipinski definition) is 12. The molecule has 12 heteroatoms. The van der Waals surface area contributed by atoms with Gasteiger partial charge >= 0.3 is 0 Å². The number of hydrogen-bond donors (Lipinski definition) is 6. The van der Waals surface area contributed by atoms with E-state index in [0.717, 1.165) is 0 Å². The van der Waals surface area contributed by atoms with Gasteiger partial charge in [0.1, 0.15) is 0 Å². The molecule has 0 aromatic heterocycles. The van der Waals surface area contributed by atoms with Crippen LogP contribution in [0.5, 0.6) is 0 Å². The Hall–Kier alpha value is -0.480. The van der Waals surface area contributed by atoms with E-state index in [1.165, 1.54) is 0 Å². The van der Waals surface area contributed by atoms with E-state index in [4.69, 9.17) is 62.8 Å². The molecule has 1 unspecified atom stereocenters. The molecule has 1 aliphatic rings. The molecular weight excluding hydrogens is 432 g/mol. The van der Waals surface area contributed by atoms with Gasteiger partial charge in [0.05, 0.1) is 96.3 Å². The highest BCUT2D eigenvalue weighted by Gasteiger charge is 2.40. The van der Waals surface area contributed by atoms with Crippen LogP contribution in [0.15, 0.2) is 0 Å². The zero-order valence-electron chi connectivity index (χ0n) is 20.0. The SMILES string of the molecule is NC(N)CCC1OCCOCCOCCOCCOCCOC1(CCC(N)N)CCC(N)N. The molecule has 1 saturated heterocycles. The molecule has 33 heavy (non-hydrogen) atoms. The zero-order chi connectivity index (χ0) is 24.4. The van der Waals surface area contributed by atoms with Gasteiger partial charge in [0.15, 0.2) is 0 Å². The van der Waals surface area contributed by atoms with E-state index < -0.39 is 24.1 Å². The van der Waals surface area contributed by atoms with Crippen molar-refractivity contribution in [2.24, 2.45) is 34.4 Å². The fraction of sp³-hybridized carbons (Fsp3) is 1.00. The fourth-order valence-electron chi connectivity index (χ4n) is 3.66. The molecule has 1 heterocycles. The summed E-state index contributed by atoms with van der Waals surface area (Å²) in [6, 6.07) is 0. The Balaban J connectivity index is 2.99. The predicted octanol–water partition coefficient (Wildman–Crippen LogP) is -1.72. The lowest BCUT2D eigenvalue weighted by Crippen LogP contribution is -2.51. The van der Waals surface area contributed by atoms with E-state index in [1.54, 1.807) is 0 Å². The van der Waals surface area contributed by atoms with Crippen LogP contribution < -0.4 is 34.4 Å². The largest absolute Gasteiger partial charge is 0.377 e. The number of nitrogens with two attached hydrogens (primary N) is 6. The molecule has 1 atom stereocenters. The van der Waals surface area contributed by atoms with Crippen molar-refractivity contribution in [2.45, 2.75) is 68.7 Å². The van der Waals surface area contributed by atoms with Crippen molar-refractivity contribution in [1.29, 1.82) is 0 Å². The monoisotopic (exact) mass is 480 g/mol. The second-order valence-electron chi connectivity index (χ2n) is 8.37. The molecule has 0 amide bonds. The molecular formula is C21H48N6O6. The van der Waals surface area contributed by atoms with Crippen LogP contribution in [0.3, 0.4) is 0 Å². The average Bonchev–Trinajstić information content (AvgIpc) is 2.76. The second-order valence-corrected chi connectivity index (χ2v) is 8.37. The highest BCUT2D eigenvalue weighted by molar-refractivity contribution is 4.92. The maximum atomic E-state index is 6.47. The minimum atomic E-state index is -0.725. The lowest BCUT2D eigenvalue weighted by Gasteiger charge is -2.42. The van der Waals surface area contributed by atoms with Crippen LogP contribution in [-0.2, 0) is 28.4 Å². The number of rotatable bonds is 9. The zero-order valence-corrected chi connectivity index (χ0v) is 20.0. The van der Waals surface area contributed by atoms with Crippen LogP contribution in [0.2, 0.25) is 0 Å². The Morgan fingerprint density at radius 1 is 0.545 bits per heavy atom. The van der Waals surface area contributed by atoms with Crippen molar-refractivity contribution in [3.8, 4) is 0 Å². The summed E-state index contributed by atoms with van der Waals surface area (Å²) in [5, 5.41) is 0. The normalized spacial score (nSPS) is 23.0. The van der Waals surface area contributed by atoms with E-state index in [-0.39, 0.29) is 6.10 Å². The van der Waals surface area contributed by atoms with Crippen molar-refractivity contribution in [3.05, 3.63) is 0 Å². The lowest BCUT2D eigenvalue weighted by atomic mass is 9.82. The average molecular weight is 481 g/mol. The Morgan fingerprint density at radius 3 is 1.36 bits per heavy atom. The van der Waals surface area contributed by atoms with Crippen LogP contribution in [-0.4, -0.2) is 96.3 Å². The molecule has 12 N–H and O–H groups in total. The summed E-state index contributed by atoms with van der Waals surface area (Å²) in [5.74, 6) is 0. The lowest BCUT2D eigenvalue weighted by molar-refractivity contribution is -0.172. The maximum absolute atomic E-state index is 6.47. The summed E-state index contributed by atoms with van der Waals surface area (Å²) >= 11 is 0. The van der Waals surface area contributed by atoms with Gasteiger partial charge in [-0.15, -0.1) is 0 Å². The first-order valence-electron chi connectivity index (χ1n) is 12.0. The quantitative estimate of drug-likeness (QED) is 0.203. The van der Waals surface area contributed by atoms with Crippen LogP contribution >= 0.6 is 0 Å². The van der Waals surface area contributed by atoms with Gasteiger partial charge in [0.2, 0.25) is 0 Å². The van der Waals surface area contributed by atoms with E-state index in [9.17, 15) is 0 Å². The van der Waals surface area contributed by atoms with Gasteiger partial charge < -0.3 is 62.8 Å². The first-order valence-corrected chi connectivity index (χ1v) is 12.0. The first kappa shape index (κ1) is 30.6. The summed E-state index contributed by atoms with van der Waals surface area (Å²) in [6.45, 7) is 4.46. The van der Waals surface area contributed by atoms with Gasteiger partial charge in [-0.05, 0) is 38.5 Å². The molecule has 0 aliphatic carbocycles. The molecule has 0 radical (unpaired) electrons. The number of ether oxygens (including phenoxy) is 6. The summed E-state index contributed by atoms with van der Waals surface area (Å²) in [5.41, 5.74) is 34.5.